The molecule has 0 bridgehead atoms. The van der Waals surface area contributed by atoms with Crippen LogP contribution in [0.4, 0.5) is 16.2 Å². The second-order valence-electron chi connectivity index (χ2n) is 8.56. The summed E-state index contributed by atoms with van der Waals surface area (Å²) in [5.74, 6) is -0.878. The number of nitrogens with zero attached hydrogens (tertiary/aromatic N) is 1. The minimum Gasteiger partial charge on any atom is -0.484 e. The molecule has 1 aliphatic heterocycles. The largest absolute Gasteiger partial charge is 0.484 e. The number of carbonyl (C=O) groups excluding carboxylic acids is 4. The first kappa shape index (κ1) is 27.0. The quantitative estimate of drug-likeness (QED) is 0.352. The molecule has 1 aliphatic rings. The Kier molecular flexibility index (Phi) is 8.50. The zero-order chi connectivity index (χ0) is 27.2. The van der Waals surface area contributed by atoms with E-state index in [9.17, 15) is 19.2 Å². The summed E-state index contributed by atoms with van der Waals surface area (Å²) in [5.41, 5.74) is 3.73. The molecule has 194 valence electrons. The van der Waals surface area contributed by atoms with Crippen molar-refractivity contribution in [1.82, 2.24) is 4.90 Å². The van der Waals surface area contributed by atoms with E-state index in [0.717, 1.165) is 27.8 Å². The number of nitrogens with one attached hydrogen (secondary N) is 2. The van der Waals surface area contributed by atoms with Crippen molar-refractivity contribution in [3.05, 3.63) is 93.3 Å². The summed E-state index contributed by atoms with van der Waals surface area (Å²) < 4.78 is 5.54. The second-order valence-corrected chi connectivity index (χ2v) is 9.96. The predicted octanol–water partition coefficient (Wildman–Crippen LogP) is 5.65. The Morgan fingerprint density at radius 3 is 2.37 bits per heavy atom. The van der Waals surface area contributed by atoms with Crippen molar-refractivity contribution < 1.29 is 23.9 Å². The van der Waals surface area contributed by atoms with Gasteiger partial charge in [-0.1, -0.05) is 41.9 Å². The third kappa shape index (κ3) is 7.02. The van der Waals surface area contributed by atoms with E-state index in [2.05, 4.69) is 10.6 Å². The highest BCUT2D eigenvalue weighted by atomic mass is 35.5. The maximum Gasteiger partial charge on any atom is 0.294 e. The van der Waals surface area contributed by atoms with Gasteiger partial charge in [0.15, 0.2) is 6.61 Å². The Morgan fingerprint density at radius 1 is 0.947 bits per heavy atom. The van der Waals surface area contributed by atoms with Gasteiger partial charge in [-0.05, 0) is 84.8 Å². The molecule has 38 heavy (non-hydrogen) atoms. The van der Waals surface area contributed by atoms with Crippen LogP contribution in [-0.4, -0.2) is 41.0 Å². The van der Waals surface area contributed by atoms with Gasteiger partial charge >= 0.3 is 0 Å². The van der Waals surface area contributed by atoms with E-state index in [1.165, 1.54) is 0 Å². The summed E-state index contributed by atoms with van der Waals surface area (Å²) in [5, 5.41) is 5.39. The second kappa shape index (κ2) is 12.0. The van der Waals surface area contributed by atoms with Crippen LogP contribution >= 0.6 is 23.4 Å². The summed E-state index contributed by atoms with van der Waals surface area (Å²) in [4.78, 5) is 50.8. The third-order valence-corrected chi connectivity index (χ3v) is 6.80. The van der Waals surface area contributed by atoms with Gasteiger partial charge in [0.25, 0.3) is 17.1 Å². The number of thioether (sulfide) groups is 1. The zero-order valence-corrected chi connectivity index (χ0v) is 22.2. The summed E-state index contributed by atoms with van der Waals surface area (Å²) in [7, 11) is 0. The first-order valence-electron chi connectivity index (χ1n) is 11.6. The molecule has 0 saturated carbocycles. The number of aryl methyl sites for hydroxylation is 2. The number of ether oxygens (including phenoxy) is 1. The molecule has 0 spiro atoms. The van der Waals surface area contributed by atoms with E-state index in [-0.39, 0.29) is 17.4 Å². The Hall–Kier alpha value is -4.08. The van der Waals surface area contributed by atoms with Crippen LogP contribution in [-0.2, 0) is 14.4 Å². The van der Waals surface area contributed by atoms with Crippen molar-refractivity contribution in [1.29, 1.82) is 0 Å². The van der Waals surface area contributed by atoms with Gasteiger partial charge in [-0.15, -0.1) is 0 Å². The lowest BCUT2D eigenvalue weighted by atomic mass is 10.2. The summed E-state index contributed by atoms with van der Waals surface area (Å²) in [6.45, 7) is 3.20. The molecule has 0 aliphatic carbocycles. The highest BCUT2D eigenvalue weighted by molar-refractivity contribution is 8.18. The van der Waals surface area contributed by atoms with Gasteiger partial charge in [0.2, 0.25) is 5.91 Å². The van der Waals surface area contributed by atoms with Crippen molar-refractivity contribution in [2.75, 3.05) is 23.8 Å². The fraction of sp³-hybridized carbons (Fsp3) is 0.143. The molecule has 8 nitrogen and oxygen atoms in total. The van der Waals surface area contributed by atoms with Gasteiger partial charge in [0, 0.05) is 16.4 Å². The molecule has 1 heterocycles. The predicted molar refractivity (Wildman–Crippen MR) is 149 cm³/mol. The lowest BCUT2D eigenvalue weighted by Gasteiger charge is -2.13. The number of amides is 4. The minimum atomic E-state index is -0.551. The number of benzene rings is 3. The van der Waals surface area contributed by atoms with Crippen molar-refractivity contribution >= 4 is 63.8 Å². The van der Waals surface area contributed by atoms with E-state index in [1.54, 1.807) is 54.6 Å². The van der Waals surface area contributed by atoms with Gasteiger partial charge in [-0.2, -0.15) is 0 Å². The SMILES string of the molecule is Cc1cccc(NC(=O)COc2ccc(/C=C3/SC(=O)N(CC(=O)Nc4ccc(C)c(Cl)c4)C3=O)cc2)c1. The Labute approximate surface area is 229 Å². The molecule has 10 heteroatoms. The molecule has 3 aromatic carbocycles. The van der Waals surface area contributed by atoms with Crippen LogP contribution in [0, 0.1) is 13.8 Å². The normalized spacial score (nSPS) is 14.1. The highest BCUT2D eigenvalue weighted by Gasteiger charge is 2.36. The molecule has 2 N–H and O–H groups in total. The van der Waals surface area contributed by atoms with Gasteiger partial charge in [-0.25, -0.2) is 0 Å². The number of imide groups is 1. The molecule has 1 saturated heterocycles. The van der Waals surface area contributed by atoms with Crippen LogP contribution in [0.2, 0.25) is 5.02 Å². The maximum absolute atomic E-state index is 12.8. The fourth-order valence-electron chi connectivity index (χ4n) is 3.53. The fourth-order valence-corrected chi connectivity index (χ4v) is 4.55. The molecule has 0 aromatic heterocycles. The van der Waals surface area contributed by atoms with E-state index in [4.69, 9.17) is 16.3 Å². The Balaban J connectivity index is 1.31. The minimum absolute atomic E-state index is 0.164. The highest BCUT2D eigenvalue weighted by Crippen LogP contribution is 2.32. The number of halogens is 1. The average Bonchev–Trinajstić information content (AvgIpc) is 3.13. The van der Waals surface area contributed by atoms with E-state index >= 15 is 0 Å². The third-order valence-electron chi connectivity index (χ3n) is 5.48. The molecular weight excluding hydrogens is 526 g/mol. The lowest BCUT2D eigenvalue weighted by Crippen LogP contribution is -2.36. The standard InChI is InChI=1S/C28H24ClN3O5S/c1-17-4-3-5-20(12-17)31-26(34)16-37-22-10-7-19(8-11-22)13-24-27(35)32(28(36)38-24)15-25(33)30-21-9-6-18(2)23(29)14-21/h3-14H,15-16H2,1-2H3,(H,30,33)(H,31,34)/b24-13+. The molecule has 4 amide bonds. The van der Waals surface area contributed by atoms with Crippen LogP contribution < -0.4 is 15.4 Å². The monoisotopic (exact) mass is 549 g/mol. The van der Waals surface area contributed by atoms with Crippen molar-refractivity contribution in [2.45, 2.75) is 13.8 Å². The molecule has 0 radical (unpaired) electrons. The topological polar surface area (TPSA) is 105 Å². The van der Waals surface area contributed by atoms with Gasteiger partial charge in [0.05, 0.1) is 4.91 Å². The number of hydrogen-bond donors (Lipinski definition) is 2. The Morgan fingerprint density at radius 2 is 1.66 bits per heavy atom. The van der Waals surface area contributed by atoms with Gasteiger partial charge in [-0.3, -0.25) is 24.1 Å². The van der Waals surface area contributed by atoms with Gasteiger partial charge in [0.1, 0.15) is 12.3 Å². The van der Waals surface area contributed by atoms with E-state index < -0.39 is 23.6 Å². The molecule has 1 fully saturated rings. The Bertz CT molecular complexity index is 1440. The first-order valence-corrected chi connectivity index (χ1v) is 12.8. The molecule has 3 aromatic rings. The van der Waals surface area contributed by atoms with Crippen molar-refractivity contribution in [3.63, 3.8) is 0 Å². The van der Waals surface area contributed by atoms with E-state index in [0.29, 0.717) is 27.7 Å². The van der Waals surface area contributed by atoms with Crippen LogP contribution in [0.25, 0.3) is 6.08 Å². The number of hydrogen-bond acceptors (Lipinski definition) is 6. The zero-order valence-electron chi connectivity index (χ0n) is 20.6. The van der Waals surface area contributed by atoms with Crippen LogP contribution in [0.5, 0.6) is 5.75 Å². The lowest BCUT2D eigenvalue weighted by molar-refractivity contribution is -0.127. The molecule has 0 atom stereocenters. The van der Waals surface area contributed by atoms with Crippen LogP contribution in [0.3, 0.4) is 0 Å². The molecular formula is C28H24ClN3O5S. The maximum atomic E-state index is 12.8. The first-order chi connectivity index (χ1) is 18.2. The van der Waals surface area contributed by atoms with Crippen molar-refractivity contribution in [2.24, 2.45) is 0 Å². The van der Waals surface area contributed by atoms with E-state index in [1.807, 2.05) is 32.0 Å². The number of anilines is 2. The summed E-state index contributed by atoms with van der Waals surface area (Å²) in [6, 6.07) is 19.2. The molecule has 0 unspecified atom stereocenters. The average molecular weight is 550 g/mol. The number of rotatable bonds is 8. The summed E-state index contributed by atoms with van der Waals surface area (Å²) in [6.07, 6.45) is 1.57. The van der Waals surface area contributed by atoms with Gasteiger partial charge < -0.3 is 15.4 Å². The van der Waals surface area contributed by atoms with Crippen molar-refractivity contribution in [3.8, 4) is 5.75 Å². The number of carbonyl (C=O) groups is 4. The van der Waals surface area contributed by atoms with Crippen LogP contribution in [0.15, 0.2) is 71.6 Å². The van der Waals surface area contributed by atoms with Crippen LogP contribution in [0.1, 0.15) is 16.7 Å². The molecule has 4 rings (SSSR count). The smallest absolute Gasteiger partial charge is 0.294 e. The summed E-state index contributed by atoms with van der Waals surface area (Å²) >= 11 is 6.84.